The summed E-state index contributed by atoms with van der Waals surface area (Å²) in [4.78, 5) is 7.94. The Hall–Kier alpha value is -2.24. The maximum absolute atomic E-state index is 13.0. The maximum atomic E-state index is 13.0. The molecule has 4 nitrogen and oxygen atoms in total. The topological polar surface area (TPSA) is 47.0 Å². The van der Waals surface area contributed by atoms with Gasteiger partial charge in [-0.3, -0.25) is 0 Å². The van der Waals surface area contributed by atoms with Crippen molar-refractivity contribution in [2.75, 3.05) is 12.4 Å². The Bertz CT molecular complexity index is 575. The number of nitrogens with zero attached hydrogens (tertiary/aromatic N) is 2. The Labute approximate surface area is 103 Å². The van der Waals surface area contributed by atoms with E-state index in [0.717, 1.165) is 12.1 Å². The van der Waals surface area contributed by atoms with Gasteiger partial charge in [-0.05, 0) is 19.1 Å². The van der Waals surface area contributed by atoms with Gasteiger partial charge in [-0.1, -0.05) is 0 Å². The third kappa shape index (κ3) is 2.37. The zero-order valence-corrected chi connectivity index (χ0v) is 9.87. The van der Waals surface area contributed by atoms with Gasteiger partial charge >= 0.3 is 0 Å². The Balaban J connectivity index is 2.31. The quantitative estimate of drug-likeness (QED) is 0.911. The first-order chi connectivity index (χ1) is 8.61. The van der Waals surface area contributed by atoms with Crippen LogP contribution in [0.25, 0.3) is 0 Å². The first-order valence-electron chi connectivity index (χ1n) is 5.24. The van der Waals surface area contributed by atoms with E-state index in [-0.39, 0.29) is 5.75 Å². The standard InChI is InChI=1S/C12H11F2N3O/c1-7-11(15-2)16-6-17-12(7)18-8-3-4-9(13)10(14)5-8/h3-6H,1-2H3,(H,15,16,17). The summed E-state index contributed by atoms with van der Waals surface area (Å²) in [5.74, 6) is -0.800. The van der Waals surface area contributed by atoms with Gasteiger partial charge in [0.1, 0.15) is 17.9 Å². The van der Waals surface area contributed by atoms with E-state index in [9.17, 15) is 8.78 Å². The maximum Gasteiger partial charge on any atom is 0.227 e. The summed E-state index contributed by atoms with van der Waals surface area (Å²) in [7, 11) is 1.72. The lowest BCUT2D eigenvalue weighted by molar-refractivity contribution is 0.444. The molecular formula is C12H11F2N3O. The van der Waals surface area contributed by atoms with Crippen LogP contribution >= 0.6 is 0 Å². The molecule has 0 amide bonds. The van der Waals surface area contributed by atoms with Gasteiger partial charge in [0, 0.05) is 13.1 Å². The highest BCUT2D eigenvalue weighted by molar-refractivity contribution is 5.48. The van der Waals surface area contributed by atoms with Gasteiger partial charge < -0.3 is 10.1 Å². The number of anilines is 1. The summed E-state index contributed by atoms with van der Waals surface area (Å²) in [6, 6.07) is 3.30. The smallest absolute Gasteiger partial charge is 0.227 e. The summed E-state index contributed by atoms with van der Waals surface area (Å²) >= 11 is 0. The zero-order valence-electron chi connectivity index (χ0n) is 9.87. The first kappa shape index (κ1) is 12.2. The van der Waals surface area contributed by atoms with E-state index < -0.39 is 11.6 Å². The van der Waals surface area contributed by atoms with Gasteiger partial charge in [0.25, 0.3) is 0 Å². The molecule has 0 saturated heterocycles. The van der Waals surface area contributed by atoms with Crippen LogP contribution < -0.4 is 10.1 Å². The van der Waals surface area contributed by atoms with Crippen molar-refractivity contribution in [1.82, 2.24) is 9.97 Å². The van der Waals surface area contributed by atoms with E-state index in [4.69, 9.17) is 4.74 Å². The second kappa shape index (κ2) is 4.95. The van der Waals surface area contributed by atoms with Crippen LogP contribution in [0.5, 0.6) is 11.6 Å². The molecule has 94 valence electrons. The monoisotopic (exact) mass is 251 g/mol. The highest BCUT2D eigenvalue weighted by atomic mass is 19.2. The molecule has 0 fully saturated rings. The number of ether oxygens (including phenoxy) is 1. The molecule has 2 rings (SSSR count). The van der Waals surface area contributed by atoms with Crippen molar-refractivity contribution < 1.29 is 13.5 Å². The molecule has 0 radical (unpaired) electrons. The van der Waals surface area contributed by atoms with Crippen molar-refractivity contribution in [3.05, 3.63) is 41.7 Å². The Morgan fingerprint density at radius 2 is 1.94 bits per heavy atom. The molecule has 1 aromatic carbocycles. The highest BCUT2D eigenvalue weighted by Crippen LogP contribution is 2.26. The van der Waals surface area contributed by atoms with Gasteiger partial charge in [-0.25, -0.2) is 18.7 Å². The molecule has 6 heteroatoms. The van der Waals surface area contributed by atoms with Crippen molar-refractivity contribution in [2.45, 2.75) is 6.92 Å². The van der Waals surface area contributed by atoms with Gasteiger partial charge in [0.2, 0.25) is 5.88 Å². The van der Waals surface area contributed by atoms with E-state index in [1.54, 1.807) is 14.0 Å². The molecule has 0 aliphatic carbocycles. The molecule has 18 heavy (non-hydrogen) atoms. The van der Waals surface area contributed by atoms with E-state index >= 15 is 0 Å². The number of halogens is 2. The summed E-state index contributed by atoms with van der Waals surface area (Å²) in [5.41, 5.74) is 0.685. The molecule has 0 spiro atoms. The van der Waals surface area contributed by atoms with Crippen LogP contribution in [0.4, 0.5) is 14.6 Å². The molecule has 0 saturated carbocycles. The minimum Gasteiger partial charge on any atom is -0.438 e. The van der Waals surface area contributed by atoms with Crippen LogP contribution in [-0.4, -0.2) is 17.0 Å². The summed E-state index contributed by atoms with van der Waals surface area (Å²) in [5, 5.41) is 2.88. The van der Waals surface area contributed by atoms with Crippen LogP contribution in [0.1, 0.15) is 5.56 Å². The molecule has 1 aromatic heterocycles. The van der Waals surface area contributed by atoms with E-state index in [1.807, 2.05) is 0 Å². The lowest BCUT2D eigenvalue weighted by atomic mass is 10.3. The minimum atomic E-state index is -0.965. The van der Waals surface area contributed by atoms with Gasteiger partial charge in [0.05, 0.1) is 5.56 Å². The number of benzene rings is 1. The molecule has 0 unspecified atom stereocenters. The summed E-state index contributed by atoms with van der Waals surface area (Å²) in [6.07, 6.45) is 1.33. The van der Waals surface area contributed by atoms with Crippen LogP contribution in [0.3, 0.4) is 0 Å². The normalized spacial score (nSPS) is 10.2. The average Bonchev–Trinajstić information content (AvgIpc) is 2.36. The molecule has 0 bridgehead atoms. The van der Waals surface area contributed by atoms with Crippen molar-refractivity contribution in [3.63, 3.8) is 0 Å². The van der Waals surface area contributed by atoms with Crippen molar-refractivity contribution in [2.24, 2.45) is 0 Å². The van der Waals surface area contributed by atoms with Crippen LogP contribution in [0.15, 0.2) is 24.5 Å². The lowest BCUT2D eigenvalue weighted by Crippen LogP contribution is -2.00. The minimum absolute atomic E-state index is 0.178. The molecular weight excluding hydrogens is 240 g/mol. The molecule has 2 aromatic rings. The van der Waals surface area contributed by atoms with Gasteiger partial charge in [0.15, 0.2) is 11.6 Å². The van der Waals surface area contributed by atoms with Crippen molar-refractivity contribution >= 4 is 5.82 Å². The molecule has 0 aliphatic rings. The van der Waals surface area contributed by atoms with Gasteiger partial charge in [-0.15, -0.1) is 0 Å². The van der Waals surface area contributed by atoms with E-state index in [2.05, 4.69) is 15.3 Å². The average molecular weight is 251 g/mol. The SMILES string of the molecule is CNc1ncnc(Oc2ccc(F)c(F)c2)c1C. The summed E-state index contributed by atoms with van der Waals surface area (Å²) in [6.45, 7) is 1.76. The molecule has 1 heterocycles. The fourth-order valence-electron chi connectivity index (χ4n) is 1.44. The number of nitrogens with one attached hydrogen (secondary N) is 1. The van der Waals surface area contributed by atoms with Crippen molar-refractivity contribution in [1.29, 1.82) is 0 Å². The number of hydrogen-bond donors (Lipinski definition) is 1. The lowest BCUT2D eigenvalue weighted by Gasteiger charge is -2.10. The van der Waals surface area contributed by atoms with Crippen molar-refractivity contribution in [3.8, 4) is 11.6 Å². The predicted octanol–water partition coefficient (Wildman–Crippen LogP) is 2.90. The Morgan fingerprint density at radius 3 is 2.61 bits per heavy atom. The molecule has 0 aliphatic heterocycles. The third-order valence-electron chi connectivity index (χ3n) is 2.38. The Morgan fingerprint density at radius 1 is 1.17 bits per heavy atom. The zero-order chi connectivity index (χ0) is 13.1. The molecule has 1 N–H and O–H groups in total. The highest BCUT2D eigenvalue weighted by Gasteiger charge is 2.09. The number of hydrogen-bond acceptors (Lipinski definition) is 4. The van der Waals surface area contributed by atoms with E-state index in [1.165, 1.54) is 12.4 Å². The second-order valence-corrected chi connectivity index (χ2v) is 3.58. The van der Waals surface area contributed by atoms with Crippen LogP contribution in [0.2, 0.25) is 0 Å². The fraction of sp³-hybridized carbons (Fsp3) is 0.167. The fourth-order valence-corrected chi connectivity index (χ4v) is 1.44. The number of aromatic nitrogens is 2. The molecule has 0 atom stereocenters. The summed E-state index contributed by atoms with van der Waals surface area (Å²) < 4.78 is 31.2. The predicted molar refractivity (Wildman–Crippen MR) is 62.7 cm³/mol. The van der Waals surface area contributed by atoms with E-state index in [0.29, 0.717) is 17.3 Å². The van der Waals surface area contributed by atoms with Crippen LogP contribution in [-0.2, 0) is 0 Å². The number of rotatable bonds is 3. The van der Waals surface area contributed by atoms with Crippen LogP contribution in [0, 0.1) is 18.6 Å². The largest absolute Gasteiger partial charge is 0.438 e. The first-order valence-corrected chi connectivity index (χ1v) is 5.24. The second-order valence-electron chi connectivity index (χ2n) is 3.58. The third-order valence-corrected chi connectivity index (χ3v) is 2.38. The van der Waals surface area contributed by atoms with Gasteiger partial charge in [-0.2, -0.15) is 0 Å². The Kier molecular flexibility index (Phi) is 3.36.